The van der Waals surface area contributed by atoms with Crippen LogP contribution in [0.2, 0.25) is 0 Å². The third-order valence-electron chi connectivity index (χ3n) is 1.56. The number of rotatable bonds is 3. The van der Waals surface area contributed by atoms with Crippen molar-refractivity contribution in [3.63, 3.8) is 0 Å². The van der Waals surface area contributed by atoms with Crippen LogP contribution in [0.5, 0.6) is 0 Å². The van der Waals surface area contributed by atoms with Crippen LogP contribution >= 0.6 is 0 Å². The van der Waals surface area contributed by atoms with Crippen LogP contribution in [0.3, 0.4) is 0 Å². The molecule has 0 saturated carbocycles. The zero-order valence-corrected chi connectivity index (χ0v) is 8.36. The van der Waals surface area contributed by atoms with Crippen molar-refractivity contribution in [1.29, 1.82) is 0 Å². The monoisotopic (exact) mass is 211 g/mol. The van der Waals surface area contributed by atoms with Gasteiger partial charge in [0.05, 0.1) is 17.9 Å². The fraction of sp³-hybridized carbons (Fsp3) is 0.300. The minimum atomic E-state index is -0.751. The van der Waals surface area contributed by atoms with Gasteiger partial charge >= 0.3 is 5.97 Å². The molecule has 1 rings (SSSR count). The number of ether oxygens (including phenoxy) is 1. The summed E-state index contributed by atoms with van der Waals surface area (Å²) in [4.78, 5) is 25.4. The lowest BCUT2D eigenvalue weighted by Crippen LogP contribution is -2.14. The Labute approximate surface area is 86.1 Å². The maximum absolute atomic E-state index is 12.8. The van der Waals surface area contributed by atoms with Gasteiger partial charge in [-0.2, -0.15) is 0 Å². The number of esters is 1. The van der Waals surface area contributed by atoms with E-state index in [0.717, 1.165) is 12.3 Å². The van der Waals surface area contributed by atoms with Gasteiger partial charge in [0.15, 0.2) is 6.29 Å². The van der Waals surface area contributed by atoms with Crippen molar-refractivity contribution < 1.29 is 18.7 Å². The molecule has 1 heterocycles. The van der Waals surface area contributed by atoms with E-state index in [9.17, 15) is 14.0 Å². The highest BCUT2D eigenvalue weighted by molar-refractivity contribution is 5.97. The van der Waals surface area contributed by atoms with Crippen LogP contribution in [0.4, 0.5) is 4.39 Å². The molecule has 0 aliphatic rings. The average Bonchev–Trinajstić information content (AvgIpc) is 2.16. The molecule has 0 aliphatic carbocycles. The van der Waals surface area contributed by atoms with E-state index in [1.54, 1.807) is 13.8 Å². The number of aldehydes is 1. The van der Waals surface area contributed by atoms with Crippen molar-refractivity contribution in [1.82, 2.24) is 4.98 Å². The average molecular weight is 211 g/mol. The summed E-state index contributed by atoms with van der Waals surface area (Å²) in [5.74, 6) is -1.43. The second kappa shape index (κ2) is 4.63. The van der Waals surface area contributed by atoms with Gasteiger partial charge in [0.1, 0.15) is 11.5 Å². The molecule has 0 aromatic carbocycles. The van der Waals surface area contributed by atoms with E-state index in [1.165, 1.54) is 0 Å². The van der Waals surface area contributed by atoms with Gasteiger partial charge in [-0.1, -0.05) is 0 Å². The minimum absolute atomic E-state index is 0.123. The normalized spacial score (nSPS) is 10.1. The summed E-state index contributed by atoms with van der Waals surface area (Å²) in [5.41, 5.74) is -0.277. The van der Waals surface area contributed by atoms with Gasteiger partial charge in [-0.3, -0.25) is 4.79 Å². The summed E-state index contributed by atoms with van der Waals surface area (Å²) >= 11 is 0. The molecule has 0 unspecified atom stereocenters. The Balaban J connectivity index is 3.05. The molecule has 1 aromatic heterocycles. The molecule has 5 heteroatoms. The van der Waals surface area contributed by atoms with Gasteiger partial charge in [-0.15, -0.1) is 0 Å². The van der Waals surface area contributed by atoms with Crippen LogP contribution in [0.1, 0.15) is 34.7 Å². The van der Waals surface area contributed by atoms with E-state index in [0.29, 0.717) is 6.29 Å². The van der Waals surface area contributed by atoms with E-state index < -0.39 is 11.8 Å². The molecular formula is C10H10FNO3. The lowest BCUT2D eigenvalue weighted by Gasteiger charge is -2.08. The van der Waals surface area contributed by atoms with Crippen LogP contribution in [0, 0.1) is 5.82 Å². The molecule has 0 amide bonds. The first kappa shape index (κ1) is 11.3. The third-order valence-corrected chi connectivity index (χ3v) is 1.56. The van der Waals surface area contributed by atoms with Crippen LogP contribution in [0.15, 0.2) is 12.3 Å². The number of carbonyl (C=O) groups is 2. The second-order valence-corrected chi connectivity index (χ2v) is 3.16. The predicted molar refractivity (Wildman–Crippen MR) is 50.1 cm³/mol. The number of hydrogen-bond acceptors (Lipinski definition) is 4. The second-order valence-electron chi connectivity index (χ2n) is 3.16. The van der Waals surface area contributed by atoms with Crippen LogP contribution in [0.25, 0.3) is 0 Å². The van der Waals surface area contributed by atoms with Crippen LogP contribution in [-0.2, 0) is 4.74 Å². The predicted octanol–water partition coefficient (Wildman–Crippen LogP) is 1.60. The standard InChI is InChI=1S/C10H10FNO3/c1-6(2)15-10(14)8-3-7(11)4-12-9(8)5-13/h3-6H,1-2H3. The van der Waals surface area contributed by atoms with E-state index in [4.69, 9.17) is 4.74 Å². The van der Waals surface area contributed by atoms with Crippen molar-refractivity contribution in [2.45, 2.75) is 20.0 Å². The first-order valence-electron chi connectivity index (χ1n) is 4.36. The Kier molecular flexibility index (Phi) is 3.49. The molecule has 80 valence electrons. The first-order chi connectivity index (χ1) is 7.04. The maximum atomic E-state index is 12.8. The Bertz CT molecular complexity index is 390. The van der Waals surface area contributed by atoms with Crippen molar-refractivity contribution in [2.75, 3.05) is 0 Å². The largest absolute Gasteiger partial charge is 0.459 e. The fourth-order valence-corrected chi connectivity index (χ4v) is 0.985. The van der Waals surface area contributed by atoms with E-state index in [1.807, 2.05) is 0 Å². The molecule has 15 heavy (non-hydrogen) atoms. The highest BCUT2D eigenvalue weighted by Gasteiger charge is 2.15. The maximum Gasteiger partial charge on any atom is 0.340 e. The third kappa shape index (κ3) is 2.83. The Morgan fingerprint density at radius 2 is 2.27 bits per heavy atom. The summed E-state index contributed by atoms with van der Waals surface area (Å²) < 4.78 is 17.6. The topological polar surface area (TPSA) is 56.3 Å². The van der Waals surface area contributed by atoms with Gasteiger partial charge in [-0.25, -0.2) is 14.2 Å². The summed E-state index contributed by atoms with van der Waals surface area (Å²) in [6.45, 7) is 3.32. The number of aromatic nitrogens is 1. The fourth-order valence-electron chi connectivity index (χ4n) is 0.985. The lowest BCUT2D eigenvalue weighted by molar-refractivity contribution is 0.0375. The summed E-state index contributed by atoms with van der Waals surface area (Å²) in [5, 5.41) is 0. The highest BCUT2D eigenvalue weighted by Crippen LogP contribution is 2.09. The zero-order valence-electron chi connectivity index (χ0n) is 8.36. The van der Waals surface area contributed by atoms with Crippen LogP contribution < -0.4 is 0 Å². The van der Waals surface area contributed by atoms with Gasteiger partial charge in [0.25, 0.3) is 0 Å². The SMILES string of the molecule is CC(C)OC(=O)c1cc(F)cnc1C=O. The molecule has 4 nitrogen and oxygen atoms in total. The number of pyridine rings is 1. The Hall–Kier alpha value is -1.78. The van der Waals surface area contributed by atoms with E-state index in [2.05, 4.69) is 4.98 Å². The van der Waals surface area contributed by atoms with Crippen molar-refractivity contribution in [2.24, 2.45) is 0 Å². The first-order valence-corrected chi connectivity index (χ1v) is 4.36. The summed E-state index contributed by atoms with van der Waals surface area (Å²) in [6, 6.07) is 0.932. The number of carbonyl (C=O) groups excluding carboxylic acids is 2. The van der Waals surface area contributed by atoms with Crippen LogP contribution in [-0.4, -0.2) is 23.3 Å². The molecule has 0 fully saturated rings. The van der Waals surface area contributed by atoms with E-state index >= 15 is 0 Å². The van der Waals surface area contributed by atoms with Gasteiger partial charge < -0.3 is 4.74 Å². The lowest BCUT2D eigenvalue weighted by atomic mass is 10.2. The van der Waals surface area contributed by atoms with Crippen molar-refractivity contribution in [3.8, 4) is 0 Å². The molecule has 0 atom stereocenters. The van der Waals surface area contributed by atoms with Gasteiger partial charge in [-0.05, 0) is 19.9 Å². The highest BCUT2D eigenvalue weighted by atomic mass is 19.1. The van der Waals surface area contributed by atoms with E-state index in [-0.39, 0.29) is 17.4 Å². The number of halogens is 1. The quantitative estimate of drug-likeness (QED) is 0.562. The Morgan fingerprint density at radius 3 is 2.80 bits per heavy atom. The summed E-state index contributed by atoms with van der Waals surface area (Å²) in [6.07, 6.45) is 0.923. The molecule has 0 bridgehead atoms. The molecule has 0 spiro atoms. The Morgan fingerprint density at radius 1 is 1.60 bits per heavy atom. The molecule has 1 aromatic rings. The smallest absolute Gasteiger partial charge is 0.340 e. The zero-order chi connectivity index (χ0) is 11.4. The summed E-state index contributed by atoms with van der Waals surface area (Å²) in [7, 11) is 0. The molecular weight excluding hydrogens is 201 g/mol. The number of hydrogen-bond donors (Lipinski definition) is 0. The molecule has 0 saturated heterocycles. The molecule has 0 N–H and O–H groups in total. The molecule has 0 radical (unpaired) electrons. The van der Waals surface area contributed by atoms with Crippen molar-refractivity contribution in [3.05, 3.63) is 29.3 Å². The minimum Gasteiger partial charge on any atom is -0.459 e. The number of nitrogens with zero attached hydrogens (tertiary/aromatic N) is 1. The van der Waals surface area contributed by atoms with Crippen molar-refractivity contribution >= 4 is 12.3 Å². The molecule has 0 aliphatic heterocycles. The van der Waals surface area contributed by atoms with Gasteiger partial charge in [0, 0.05) is 0 Å². The van der Waals surface area contributed by atoms with Gasteiger partial charge in [0.2, 0.25) is 0 Å².